The monoisotopic (exact) mass is 1690 g/mol. The van der Waals surface area contributed by atoms with E-state index in [1.165, 1.54) is 32.6 Å². The van der Waals surface area contributed by atoms with Gasteiger partial charge in [0.25, 0.3) is 0 Å². The number of aliphatic hydroxyl groups excluding tert-OH is 3. The first-order chi connectivity index (χ1) is 55.3. The van der Waals surface area contributed by atoms with Crippen LogP contribution in [0.3, 0.4) is 0 Å². The van der Waals surface area contributed by atoms with Gasteiger partial charge in [-0.1, -0.05) is 67.5 Å². The zero-order valence-electron chi connectivity index (χ0n) is 65.1. The molecule has 0 radical (unpaired) electrons. The van der Waals surface area contributed by atoms with Gasteiger partial charge in [0, 0.05) is 73.7 Å². The Morgan fingerprint density at radius 3 is 1.76 bits per heavy atom. The number of imidazole rings is 1. The summed E-state index contributed by atoms with van der Waals surface area (Å²) in [6.45, 7) is 4.44. The number of para-hydroxylation sites is 1. The highest BCUT2D eigenvalue weighted by molar-refractivity contribution is 8.76. The van der Waals surface area contributed by atoms with E-state index >= 15 is 9.59 Å². The number of aliphatic hydroxyl groups is 3. The number of aromatic nitrogens is 3. The normalized spacial score (nSPS) is 18.8. The lowest BCUT2D eigenvalue weighted by molar-refractivity contribution is -0.143. The predicted molar refractivity (Wildman–Crippen MR) is 423 cm³/mol. The zero-order chi connectivity index (χ0) is 87.2. The Bertz CT molecular complexity index is 3930. The molecule has 1 aromatic carbocycles. The molecule has 117 heavy (non-hydrogen) atoms. The molecule has 46 nitrogen and oxygen atoms in total. The van der Waals surface area contributed by atoms with Crippen LogP contribution in [0.15, 0.2) is 43.0 Å². The van der Waals surface area contributed by atoms with Crippen molar-refractivity contribution < 1.29 is 102 Å². The molecule has 0 spiro atoms. The molecule has 15 amide bonds. The number of carboxylic acids is 2. The largest absolute Gasteiger partial charge is 0.481 e. The Kier molecular flexibility index (Phi) is 41.8. The summed E-state index contributed by atoms with van der Waals surface area (Å²) in [5, 5.41) is 106. The Morgan fingerprint density at radius 2 is 1.17 bits per heavy atom. The summed E-state index contributed by atoms with van der Waals surface area (Å²) in [6.07, 6.45) is -0.979. The summed E-state index contributed by atoms with van der Waals surface area (Å²) in [5.74, 6) is -20.5. The van der Waals surface area contributed by atoms with Crippen LogP contribution >= 0.6 is 21.6 Å². The van der Waals surface area contributed by atoms with Gasteiger partial charge in [-0.2, -0.15) is 0 Å². The molecule has 3 aromatic rings. The van der Waals surface area contributed by atoms with Crippen molar-refractivity contribution >= 4 is 139 Å². The highest BCUT2D eigenvalue weighted by atomic mass is 33.1. The van der Waals surface area contributed by atoms with Crippen LogP contribution in [0.1, 0.15) is 104 Å². The van der Waals surface area contributed by atoms with Crippen molar-refractivity contribution in [1.82, 2.24) is 100 Å². The minimum atomic E-state index is -2.02. The summed E-state index contributed by atoms with van der Waals surface area (Å²) in [4.78, 5) is 233. The Labute approximate surface area is 679 Å². The number of carbonyl (C=O) groups is 16. The van der Waals surface area contributed by atoms with Gasteiger partial charge in [-0.15, -0.1) is 0 Å². The van der Waals surface area contributed by atoms with Gasteiger partial charge in [-0.05, 0) is 81.8 Å². The van der Waals surface area contributed by atoms with Crippen LogP contribution in [-0.2, 0) is 84.8 Å². The minimum Gasteiger partial charge on any atom is -0.481 e. The van der Waals surface area contributed by atoms with Crippen molar-refractivity contribution in [3.63, 3.8) is 0 Å². The molecule has 1 fully saturated rings. The molecule has 0 bridgehead atoms. The first kappa shape index (κ1) is 97.7. The number of carboxylic acid groups (broad SMARTS) is 2. The number of aliphatic carboxylic acids is 2. The second kappa shape index (κ2) is 50.0. The molecule has 14 atom stereocenters. The molecule has 1 saturated heterocycles. The number of fused-ring (bicyclic) bond motifs is 1. The average Bonchev–Trinajstić information content (AvgIpc) is 1.70. The number of nitrogens with zero attached hydrogens (tertiary/aromatic N) is 1. The van der Waals surface area contributed by atoms with E-state index in [0.717, 1.165) is 6.92 Å². The van der Waals surface area contributed by atoms with E-state index in [-0.39, 0.29) is 89.0 Å². The van der Waals surface area contributed by atoms with E-state index in [9.17, 15) is 92.7 Å². The third-order valence-electron chi connectivity index (χ3n) is 17.7. The van der Waals surface area contributed by atoms with Crippen LogP contribution in [0.4, 0.5) is 4.79 Å². The lowest BCUT2D eigenvalue weighted by Gasteiger charge is -2.29. The molecule has 4 rings (SSSR count). The SMILES string of the molecule is CC(C)C[C@H](NC(=O)[C@H](CCCNC(=N)N)NC(=O)C1CSSC[C@H](NC(=O)[C@H](CCC(=O)O)NC(=O)[C@H](Cc2c[nH]c3ccccc23)NC(=O)[C@H](Cc2c[nH]cn2)NC(=O)[C@@H](N)CO)C(=O)NC([C@@H](C)O)C(=O)N[C@@H](CCCNC(N)=O)C(=O)NCC(=O)NC(CCCNC(=N)N)C(=O)N1)C(=O)N[C@H](C(=O)N[C@@H](CO)C(=O)O)C(C)C. The van der Waals surface area contributed by atoms with Gasteiger partial charge < -0.3 is 144 Å². The fourth-order valence-electron chi connectivity index (χ4n) is 11.5. The van der Waals surface area contributed by atoms with Crippen LogP contribution in [0.25, 0.3) is 10.9 Å². The maximum atomic E-state index is 15.1. The lowest BCUT2D eigenvalue weighted by Crippen LogP contribution is -2.62. The van der Waals surface area contributed by atoms with Crippen LogP contribution in [0.2, 0.25) is 0 Å². The van der Waals surface area contributed by atoms with Crippen molar-refractivity contribution in [3.05, 3.63) is 54.2 Å². The van der Waals surface area contributed by atoms with Crippen LogP contribution < -0.4 is 108 Å². The molecule has 0 saturated carbocycles. The van der Waals surface area contributed by atoms with E-state index in [2.05, 4.69) is 100 Å². The second-order valence-corrected chi connectivity index (χ2v) is 30.6. The highest BCUT2D eigenvalue weighted by Gasteiger charge is 2.39. The molecule has 33 N–H and O–H groups in total. The van der Waals surface area contributed by atoms with Gasteiger partial charge in [0.15, 0.2) is 11.9 Å². The van der Waals surface area contributed by atoms with Crippen molar-refractivity contribution in [2.45, 2.75) is 190 Å². The molecule has 1 aliphatic rings. The number of guanidine groups is 2. The van der Waals surface area contributed by atoms with E-state index in [1.807, 2.05) is 0 Å². The summed E-state index contributed by atoms with van der Waals surface area (Å²) in [6, 6.07) is -16.2. The van der Waals surface area contributed by atoms with Gasteiger partial charge in [0.05, 0.1) is 37.9 Å². The lowest BCUT2D eigenvalue weighted by atomic mass is 9.99. The molecular formula is C69H109N25O21S2. The molecule has 3 unspecified atom stereocenters. The Hall–Kier alpha value is -11.6. The standard InChI is InChI=1S/C69H109N25O21S2/c1-32(2)21-44(61(108)93-52(33(3)4)64(111)90-47(28-96)66(113)114)88-57(104)42(15-9-19-78-68(73)74)84-62(109)48-29-116-117-30-49(63(110)94-53(34(5)97)65(112)86-40(13-10-20-79-69(75)115)55(102)81-26-50(98)83-41(56(103)91-48)14-8-18-77-67(71)72)92-58(105)43(16-17-51(99)100)85-59(106)45(22-35-24-80-39-12-7-6-11-37(35)39)89-60(107)46(23-36-25-76-31-82-36)87-54(101)38(70)27-95/h6-7,11-12,24-25,31-34,38,40-49,52-53,80,95-97H,8-10,13-23,26-30,70H2,1-5H3,(H,76,82)(H,81,102)(H,83,98)(H,84,109)(H,85,106)(H,86,112)(H,87,101)(H,88,104)(H,89,107)(H,90,111)(H,91,103)(H,92,105)(H,93,108)(H,94,110)(H,99,100)(H,113,114)(H4,71,72,77)(H4,73,74,78)(H3,75,79,115)/t34-,38+,40+,41?,42+,43+,44+,45+,46+,47+,48?,49+,52+,53?/m1/s1. The van der Waals surface area contributed by atoms with Gasteiger partial charge in [0.2, 0.25) is 76.8 Å². The number of nitrogens with two attached hydrogens (primary N) is 4. The summed E-state index contributed by atoms with van der Waals surface area (Å²) >= 11 is 0. The van der Waals surface area contributed by atoms with Crippen molar-refractivity contribution in [3.8, 4) is 0 Å². The van der Waals surface area contributed by atoms with Crippen molar-refractivity contribution in [2.24, 2.45) is 34.8 Å². The highest BCUT2D eigenvalue weighted by Crippen LogP contribution is 2.25. The fourth-order valence-corrected chi connectivity index (χ4v) is 13.8. The number of rotatable bonds is 42. The molecule has 1 aliphatic heterocycles. The first-order valence-corrected chi connectivity index (χ1v) is 39.8. The summed E-state index contributed by atoms with van der Waals surface area (Å²) in [7, 11) is 1.41. The Morgan fingerprint density at radius 1 is 0.598 bits per heavy atom. The van der Waals surface area contributed by atoms with E-state index in [0.29, 0.717) is 38.1 Å². The number of aromatic amines is 2. The van der Waals surface area contributed by atoms with Crippen LogP contribution in [-0.4, -0.2) is 283 Å². The second-order valence-electron chi connectivity index (χ2n) is 28.0. The first-order valence-electron chi connectivity index (χ1n) is 37.3. The maximum Gasteiger partial charge on any atom is 0.328 e. The minimum absolute atomic E-state index is 0.0190. The molecule has 2 aromatic heterocycles. The number of amides is 15. The van der Waals surface area contributed by atoms with Crippen LogP contribution in [0, 0.1) is 22.7 Å². The van der Waals surface area contributed by atoms with E-state index in [1.54, 1.807) is 38.1 Å². The number of hydrogen-bond donors (Lipinski definition) is 29. The van der Waals surface area contributed by atoms with E-state index < -0.39 is 241 Å². The third-order valence-corrected chi connectivity index (χ3v) is 20.1. The maximum absolute atomic E-state index is 15.1. The van der Waals surface area contributed by atoms with Crippen molar-refractivity contribution in [1.29, 1.82) is 10.8 Å². The topological polar surface area (TPSA) is 763 Å². The molecule has 48 heteroatoms. The molecular weight excluding hydrogens is 1580 g/mol. The van der Waals surface area contributed by atoms with Crippen LogP contribution in [0.5, 0.6) is 0 Å². The quantitative estimate of drug-likeness (QED) is 0.0108. The van der Waals surface area contributed by atoms with Gasteiger partial charge in [0.1, 0.15) is 78.5 Å². The van der Waals surface area contributed by atoms with Crippen molar-refractivity contribution in [2.75, 3.05) is 50.9 Å². The van der Waals surface area contributed by atoms with Gasteiger partial charge in [-0.3, -0.25) is 77.9 Å². The smallest absolute Gasteiger partial charge is 0.328 e. The fraction of sp³-hybridized carbons (Fsp3) is 0.580. The molecule has 3 heterocycles. The average molecular weight is 1690 g/mol. The number of primary amides is 1. The molecule has 648 valence electrons. The van der Waals surface area contributed by atoms with Gasteiger partial charge in [-0.25, -0.2) is 14.6 Å². The number of H-pyrrole nitrogens is 2. The number of benzene rings is 1. The van der Waals surface area contributed by atoms with Gasteiger partial charge >= 0.3 is 18.0 Å². The third kappa shape index (κ3) is 34.8. The predicted octanol–water partition coefficient (Wildman–Crippen LogP) is -8.68. The number of hydrogen-bond acceptors (Lipinski definition) is 25. The number of nitrogens with one attached hydrogen (secondary N) is 20. The Balaban J connectivity index is 1.90. The van der Waals surface area contributed by atoms with E-state index in [4.69, 9.17) is 33.8 Å². The summed E-state index contributed by atoms with van der Waals surface area (Å²) in [5.41, 5.74) is 23.4. The zero-order valence-corrected chi connectivity index (χ0v) is 66.7. The molecule has 0 aliphatic carbocycles. The summed E-state index contributed by atoms with van der Waals surface area (Å²) < 4.78 is 0. The number of urea groups is 1. The number of carbonyl (C=O) groups excluding carboxylic acids is 14.